The summed E-state index contributed by atoms with van der Waals surface area (Å²) in [4.78, 5) is 15.5. The zero-order valence-corrected chi connectivity index (χ0v) is 10.9. The molecule has 0 spiro atoms. The first kappa shape index (κ1) is 15.5. The van der Waals surface area contributed by atoms with Crippen molar-refractivity contribution in [1.29, 1.82) is 0 Å². The molecule has 19 heavy (non-hydrogen) atoms. The van der Waals surface area contributed by atoms with Crippen LogP contribution in [0.15, 0.2) is 24.5 Å². The summed E-state index contributed by atoms with van der Waals surface area (Å²) in [7, 11) is 0. The number of rotatable bonds is 5. The van der Waals surface area contributed by atoms with Crippen LogP contribution in [0.1, 0.15) is 25.8 Å². The van der Waals surface area contributed by atoms with Gasteiger partial charge in [0.2, 0.25) is 5.91 Å². The van der Waals surface area contributed by atoms with Crippen molar-refractivity contribution in [2.45, 2.75) is 38.9 Å². The molecule has 0 aliphatic heterocycles. The first-order valence-electron chi connectivity index (χ1n) is 6.09. The molecule has 1 heterocycles. The van der Waals surface area contributed by atoms with E-state index in [-0.39, 0.29) is 6.42 Å². The minimum atomic E-state index is -4.43. The van der Waals surface area contributed by atoms with Crippen LogP contribution in [0.4, 0.5) is 13.2 Å². The number of halogens is 3. The van der Waals surface area contributed by atoms with Crippen molar-refractivity contribution in [3.05, 3.63) is 30.1 Å². The van der Waals surface area contributed by atoms with E-state index in [0.29, 0.717) is 12.0 Å². The lowest BCUT2D eigenvalue weighted by Gasteiger charge is -2.26. The van der Waals surface area contributed by atoms with Crippen LogP contribution in [0, 0.1) is 5.92 Å². The van der Waals surface area contributed by atoms with E-state index in [9.17, 15) is 18.0 Å². The highest BCUT2D eigenvalue weighted by Gasteiger charge is 2.43. The fraction of sp³-hybridized carbons (Fsp3) is 0.538. The summed E-state index contributed by atoms with van der Waals surface area (Å²) in [6.07, 6.45) is -1.18. The molecule has 106 valence electrons. The predicted molar refractivity (Wildman–Crippen MR) is 65.4 cm³/mol. The number of aromatic nitrogens is 1. The number of alkyl halides is 3. The third-order valence-electron chi connectivity index (χ3n) is 2.97. The highest BCUT2D eigenvalue weighted by atomic mass is 19.4. The first-order valence-corrected chi connectivity index (χ1v) is 6.09. The van der Waals surface area contributed by atoms with Crippen LogP contribution < -0.4 is 5.32 Å². The maximum Gasteiger partial charge on any atom is 0.408 e. The molecule has 0 aromatic carbocycles. The van der Waals surface area contributed by atoms with E-state index in [1.165, 1.54) is 13.1 Å². The molecule has 6 heteroatoms. The zero-order valence-electron chi connectivity index (χ0n) is 10.9. The average Bonchev–Trinajstić information content (AvgIpc) is 2.35. The normalized spacial score (nSPS) is 14.8. The van der Waals surface area contributed by atoms with Crippen molar-refractivity contribution in [3.8, 4) is 0 Å². The minimum Gasteiger partial charge on any atom is -0.344 e. The van der Waals surface area contributed by atoms with E-state index >= 15 is 0 Å². The van der Waals surface area contributed by atoms with Crippen molar-refractivity contribution < 1.29 is 18.0 Å². The fourth-order valence-corrected chi connectivity index (χ4v) is 1.69. The second kappa shape index (κ2) is 6.54. The van der Waals surface area contributed by atoms with Gasteiger partial charge in [-0.05, 0) is 17.5 Å². The van der Waals surface area contributed by atoms with E-state index in [0.717, 1.165) is 0 Å². The number of nitrogens with one attached hydrogen (secondary N) is 1. The lowest BCUT2D eigenvalue weighted by atomic mass is 9.98. The lowest BCUT2D eigenvalue weighted by molar-refractivity contribution is -0.171. The molecule has 0 fully saturated rings. The number of nitrogens with zero attached hydrogens (tertiary/aromatic N) is 1. The molecule has 0 saturated carbocycles. The standard InChI is InChI=1S/C13H17F3N2O/c1-3-9(2)12(13(14,15)16)18-11(19)7-10-5-4-6-17-8-10/h4-6,8-9,12H,3,7H2,1-2H3,(H,18,19)/t9-,12+/m1/s1. The van der Waals surface area contributed by atoms with Gasteiger partial charge in [-0.2, -0.15) is 13.2 Å². The van der Waals surface area contributed by atoms with Crippen LogP contribution >= 0.6 is 0 Å². The van der Waals surface area contributed by atoms with E-state index < -0.39 is 24.0 Å². The molecule has 0 aliphatic carbocycles. The van der Waals surface area contributed by atoms with Crippen LogP contribution in [0.25, 0.3) is 0 Å². The molecule has 1 amide bonds. The number of carbonyl (C=O) groups excluding carboxylic acids is 1. The monoisotopic (exact) mass is 274 g/mol. The van der Waals surface area contributed by atoms with Gasteiger partial charge in [0.15, 0.2) is 0 Å². The van der Waals surface area contributed by atoms with Crippen molar-refractivity contribution in [1.82, 2.24) is 10.3 Å². The topological polar surface area (TPSA) is 42.0 Å². The Kier molecular flexibility index (Phi) is 5.32. The minimum absolute atomic E-state index is 0.100. The molecule has 3 nitrogen and oxygen atoms in total. The van der Waals surface area contributed by atoms with Gasteiger partial charge in [0, 0.05) is 12.4 Å². The lowest BCUT2D eigenvalue weighted by Crippen LogP contribution is -2.49. The largest absolute Gasteiger partial charge is 0.408 e. The van der Waals surface area contributed by atoms with Crippen LogP contribution in [-0.4, -0.2) is 23.1 Å². The molecule has 1 aromatic rings. The average molecular weight is 274 g/mol. The second-order valence-electron chi connectivity index (χ2n) is 4.51. The zero-order chi connectivity index (χ0) is 14.5. The summed E-state index contributed by atoms with van der Waals surface area (Å²) in [6, 6.07) is 1.48. The maximum atomic E-state index is 12.8. The van der Waals surface area contributed by atoms with E-state index in [1.54, 1.807) is 25.3 Å². The molecular formula is C13H17F3N2O. The highest BCUT2D eigenvalue weighted by Crippen LogP contribution is 2.27. The van der Waals surface area contributed by atoms with Gasteiger partial charge in [0.05, 0.1) is 6.42 Å². The van der Waals surface area contributed by atoms with E-state index in [4.69, 9.17) is 0 Å². The van der Waals surface area contributed by atoms with Gasteiger partial charge >= 0.3 is 6.18 Å². The van der Waals surface area contributed by atoms with Gasteiger partial charge in [-0.1, -0.05) is 26.3 Å². The Morgan fingerprint density at radius 3 is 2.63 bits per heavy atom. The summed E-state index contributed by atoms with van der Waals surface area (Å²) in [5, 5.41) is 2.06. The summed E-state index contributed by atoms with van der Waals surface area (Å²) in [5.74, 6) is -1.30. The molecule has 1 N–H and O–H groups in total. The van der Waals surface area contributed by atoms with Gasteiger partial charge in [-0.25, -0.2) is 0 Å². The third kappa shape index (κ3) is 4.89. The summed E-state index contributed by atoms with van der Waals surface area (Å²) >= 11 is 0. The number of pyridine rings is 1. The van der Waals surface area contributed by atoms with E-state index in [2.05, 4.69) is 10.3 Å². The molecule has 2 atom stereocenters. The molecule has 1 rings (SSSR count). The molecule has 0 unspecified atom stereocenters. The Labute approximate surface area is 110 Å². The number of hydrogen-bond donors (Lipinski definition) is 1. The molecule has 0 aliphatic rings. The predicted octanol–water partition coefficient (Wildman–Crippen LogP) is 2.72. The third-order valence-corrected chi connectivity index (χ3v) is 2.97. The van der Waals surface area contributed by atoms with Crippen molar-refractivity contribution in [2.24, 2.45) is 5.92 Å². The second-order valence-corrected chi connectivity index (χ2v) is 4.51. The molecule has 0 bridgehead atoms. The van der Waals surface area contributed by atoms with E-state index in [1.807, 2.05) is 0 Å². The molecule has 1 aromatic heterocycles. The molecule has 0 radical (unpaired) electrons. The Balaban J connectivity index is 2.67. The number of carbonyl (C=O) groups is 1. The molecular weight excluding hydrogens is 257 g/mol. The Hall–Kier alpha value is -1.59. The number of hydrogen-bond acceptors (Lipinski definition) is 2. The van der Waals surface area contributed by atoms with Crippen LogP contribution in [0.5, 0.6) is 0 Å². The maximum absolute atomic E-state index is 12.8. The van der Waals surface area contributed by atoms with Gasteiger partial charge in [0.1, 0.15) is 6.04 Å². The molecule has 0 saturated heterocycles. The highest BCUT2D eigenvalue weighted by molar-refractivity contribution is 5.78. The van der Waals surface area contributed by atoms with Crippen LogP contribution in [0.2, 0.25) is 0 Å². The van der Waals surface area contributed by atoms with Crippen molar-refractivity contribution >= 4 is 5.91 Å². The summed E-state index contributed by atoms with van der Waals surface area (Å²) in [5.41, 5.74) is 0.588. The fourth-order valence-electron chi connectivity index (χ4n) is 1.69. The first-order chi connectivity index (χ1) is 8.84. The number of amides is 1. The SMILES string of the molecule is CC[C@@H](C)[C@H](NC(=O)Cc1cccnc1)C(F)(F)F. The van der Waals surface area contributed by atoms with Crippen LogP contribution in [0.3, 0.4) is 0 Å². The Morgan fingerprint density at radius 1 is 1.47 bits per heavy atom. The summed E-state index contributed by atoms with van der Waals surface area (Å²) in [6.45, 7) is 3.14. The van der Waals surface area contributed by atoms with Gasteiger partial charge in [-0.3, -0.25) is 9.78 Å². The van der Waals surface area contributed by atoms with Crippen molar-refractivity contribution in [2.75, 3.05) is 0 Å². The Bertz CT molecular complexity index is 406. The van der Waals surface area contributed by atoms with Crippen LogP contribution in [-0.2, 0) is 11.2 Å². The van der Waals surface area contributed by atoms with Gasteiger partial charge < -0.3 is 5.32 Å². The smallest absolute Gasteiger partial charge is 0.344 e. The quantitative estimate of drug-likeness (QED) is 0.897. The van der Waals surface area contributed by atoms with Gasteiger partial charge in [-0.15, -0.1) is 0 Å². The summed E-state index contributed by atoms with van der Waals surface area (Å²) < 4.78 is 38.5. The Morgan fingerprint density at radius 2 is 2.16 bits per heavy atom. The van der Waals surface area contributed by atoms with Gasteiger partial charge in [0.25, 0.3) is 0 Å². The van der Waals surface area contributed by atoms with Crippen molar-refractivity contribution in [3.63, 3.8) is 0 Å².